The average Bonchev–Trinajstić information content (AvgIpc) is 3.33. The molecule has 144 valence electrons. The minimum Gasteiger partial charge on any atom is -0.456 e. The lowest BCUT2D eigenvalue weighted by Gasteiger charge is -2.43. The molecule has 0 N–H and O–H groups in total. The van der Waals surface area contributed by atoms with Crippen LogP contribution in [0.1, 0.15) is 67.3 Å². The summed E-state index contributed by atoms with van der Waals surface area (Å²) in [5.74, 6) is 1.60. The smallest absolute Gasteiger partial charge is 0.289 e. The molecule has 5 nitrogen and oxygen atoms in total. The van der Waals surface area contributed by atoms with Crippen molar-refractivity contribution in [2.75, 3.05) is 39.4 Å². The number of hydrogen-bond donors (Lipinski definition) is 0. The van der Waals surface area contributed by atoms with Gasteiger partial charge in [-0.3, -0.25) is 9.69 Å². The zero-order chi connectivity index (χ0) is 18.0. The first-order chi connectivity index (χ1) is 12.7. The molecule has 26 heavy (non-hydrogen) atoms. The number of hydrogen-bond acceptors (Lipinski definition) is 4. The molecule has 0 aliphatic carbocycles. The summed E-state index contributed by atoms with van der Waals surface area (Å²) in [5, 5.41) is 0. The van der Waals surface area contributed by atoms with Gasteiger partial charge in [-0.25, -0.2) is 0 Å². The number of aryl methyl sites for hydroxylation is 1. The molecule has 1 spiro atoms. The van der Waals surface area contributed by atoms with Crippen molar-refractivity contribution < 1.29 is 13.9 Å². The topological polar surface area (TPSA) is 45.9 Å². The van der Waals surface area contributed by atoms with Crippen LogP contribution in [0.2, 0.25) is 0 Å². The minimum absolute atomic E-state index is 0.0780. The number of carbonyl (C=O) groups is 1. The second kappa shape index (κ2) is 7.73. The van der Waals surface area contributed by atoms with E-state index in [9.17, 15) is 4.79 Å². The molecule has 0 saturated carbocycles. The lowest BCUT2D eigenvalue weighted by Crippen LogP contribution is -2.45. The Kier molecular flexibility index (Phi) is 5.37. The number of likely N-dealkylation sites (tertiary alicyclic amines) is 2. The second-order valence-corrected chi connectivity index (χ2v) is 8.30. The van der Waals surface area contributed by atoms with Gasteiger partial charge >= 0.3 is 0 Å². The Morgan fingerprint density at radius 2 is 1.77 bits per heavy atom. The molecular formula is C21H32N2O3. The highest BCUT2D eigenvalue weighted by atomic mass is 16.5. The fourth-order valence-electron chi connectivity index (χ4n) is 4.83. The summed E-state index contributed by atoms with van der Waals surface area (Å²) < 4.78 is 11.5. The first-order valence-electron chi connectivity index (χ1n) is 10.4. The standard InChI is InChI=1S/C21H32N2O3/c1-2-18-17(16-22-9-3-4-10-22)15-19(26-18)20(24)23-11-5-21(6-12-23)7-13-25-14-8-21/h15H,2-14,16H2,1H3. The maximum atomic E-state index is 13.0. The molecule has 0 bridgehead atoms. The van der Waals surface area contributed by atoms with E-state index < -0.39 is 0 Å². The lowest BCUT2D eigenvalue weighted by atomic mass is 9.72. The van der Waals surface area contributed by atoms with E-state index in [0.29, 0.717) is 11.2 Å². The van der Waals surface area contributed by atoms with E-state index in [2.05, 4.69) is 11.8 Å². The van der Waals surface area contributed by atoms with Gasteiger partial charge in [-0.05, 0) is 63.1 Å². The van der Waals surface area contributed by atoms with Gasteiger partial charge in [0, 0.05) is 44.8 Å². The van der Waals surface area contributed by atoms with E-state index in [1.54, 1.807) is 0 Å². The van der Waals surface area contributed by atoms with E-state index in [1.165, 1.54) is 18.4 Å². The van der Waals surface area contributed by atoms with E-state index in [4.69, 9.17) is 9.15 Å². The highest BCUT2D eigenvalue weighted by Crippen LogP contribution is 2.40. The summed E-state index contributed by atoms with van der Waals surface area (Å²) >= 11 is 0. The van der Waals surface area contributed by atoms with Crippen LogP contribution in [0.4, 0.5) is 0 Å². The minimum atomic E-state index is 0.0780. The van der Waals surface area contributed by atoms with Crippen LogP contribution in [0.15, 0.2) is 10.5 Å². The molecule has 0 aromatic carbocycles. The molecule has 1 aromatic heterocycles. The quantitative estimate of drug-likeness (QED) is 0.825. The third-order valence-corrected chi connectivity index (χ3v) is 6.69. The van der Waals surface area contributed by atoms with Crippen molar-refractivity contribution in [3.63, 3.8) is 0 Å². The number of amides is 1. The highest BCUT2D eigenvalue weighted by molar-refractivity contribution is 5.91. The van der Waals surface area contributed by atoms with Crippen LogP contribution in [0.25, 0.3) is 0 Å². The molecule has 4 rings (SSSR count). The van der Waals surface area contributed by atoms with Gasteiger partial charge in [0.15, 0.2) is 5.76 Å². The molecule has 1 aromatic rings. The molecular weight excluding hydrogens is 328 g/mol. The maximum absolute atomic E-state index is 13.0. The Bertz CT molecular complexity index is 617. The van der Waals surface area contributed by atoms with Crippen molar-refractivity contribution in [3.8, 4) is 0 Å². The predicted octanol–water partition coefficient (Wildman–Crippen LogP) is 3.47. The monoisotopic (exact) mass is 360 g/mol. The maximum Gasteiger partial charge on any atom is 0.289 e. The van der Waals surface area contributed by atoms with Crippen LogP contribution in [0.3, 0.4) is 0 Å². The summed E-state index contributed by atoms with van der Waals surface area (Å²) in [6.07, 6.45) is 7.91. The second-order valence-electron chi connectivity index (χ2n) is 8.30. The summed E-state index contributed by atoms with van der Waals surface area (Å²) in [7, 11) is 0. The van der Waals surface area contributed by atoms with Crippen LogP contribution in [-0.4, -0.2) is 55.1 Å². The van der Waals surface area contributed by atoms with Crippen molar-refractivity contribution in [2.24, 2.45) is 5.41 Å². The van der Waals surface area contributed by atoms with Crippen LogP contribution < -0.4 is 0 Å². The number of ether oxygens (including phenoxy) is 1. The molecule has 4 heterocycles. The fourth-order valence-corrected chi connectivity index (χ4v) is 4.83. The van der Waals surface area contributed by atoms with E-state index in [1.807, 2.05) is 11.0 Å². The molecule has 1 amide bonds. The number of furan rings is 1. The third-order valence-electron chi connectivity index (χ3n) is 6.69. The van der Waals surface area contributed by atoms with Gasteiger partial charge in [0.2, 0.25) is 0 Å². The van der Waals surface area contributed by atoms with Crippen molar-refractivity contribution in [3.05, 3.63) is 23.2 Å². The fraction of sp³-hybridized carbons (Fsp3) is 0.762. The molecule has 3 fully saturated rings. The zero-order valence-electron chi connectivity index (χ0n) is 16.1. The molecule has 0 radical (unpaired) electrons. The van der Waals surface area contributed by atoms with Gasteiger partial charge in [-0.15, -0.1) is 0 Å². The SMILES string of the molecule is CCc1oc(C(=O)N2CCC3(CCOCC3)CC2)cc1CN1CCCC1. The van der Waals surface area contributed by atoms with Gasteiger partial charge in [-0.1, -0.05) is 6.92 Å². The predicted molar refractivity (Wildman–Crippen MR) is 100 cm³/mol. The summed E-state index contributed by atoms with van der Waals surface area (Å²) in [6.45, 7) is 8.81. The Morgan fingerprint density at radius 1 is 1.08 bits per heavy atom. The van der Waals surface area contributed by atoms with E-state index in [0.717, 1.165) is 83.8 Å². The number of carbonyl (C=O) groups excluding carboxylic acids is 1. The van der Waals surface area contributed by atoms with E-state index >= 15 is 0 Å². The summed E-state index contributed by atoms with van der Waals surface area (Å²) in [6, 6.07) is 2.01. The van der Waals surface area contributed by atoms with Crippen LogP contribution in [0.5, 0.6) is 0 Å². The van der Waals surface area contributed by atoms with Crippen molar-refractivity contribution in [2.45, 2.75) is 58.4 Å². The average molecular weight is 360 g/mol. The molecule has 5 heteroatoms. The largest absolute Gasteiger partial charge is 0.456 e. The van der Waals surface area contributed by atoms with Crippen molar-refractivity contribution in [1.82, 2.24) is 9.80 Å². The number of nitrogens with zero attached hydrogens (tertiary/aromatic N) is 2. The summed E-state index contributed by atoms with van der Waals surface area (Å²) in [4.78, 5) is 17.4. The van der Waals surface area contributed by atoms with Crippen molar-refractivity contribution >= 4 is 5.91 Å². The van der Waals surface area contributed by atoms with Crippen LogP contribution >= 0.6 is 0 Å². The molecule has 3 aliphatic rings. The third kappa shape index (κ3) is 3.70. The van der Waals surface area contributed by atoms with Gasteiger partial charge in [0.1, 0.15) is 5.76 Å². The molecule has 3 aliphatic heterocycles. The van der Waals surface area contributed by atoms with Gasteiger partial charge < -0.3 is 14.1 Å². The Labute approximate surface area is 156 Å². The van der Waals surface area contributed by atoms with Gasteiger partial charge in [-0.2, -0.15) is 0 Å². The molecule has 3 saturated heterocycles. The first kappa shape index (κ1) is 18.1. The van der Waals surface area contributed by atoms with Gasteiger partial charge in [0.05, 0.1) is 0 Å². The van der Waals surface area contributed by atoms with Crippen molar-refractivity contribution in [1.29, 1.82) is 0 Å². The van der Waals surface area contributed by atoms with Crippen LogP contribution in [0, 0.1) is 5.41 Å². The van der Waals surface area contributed by atoms with E-state index in [-0.39, 0.29) is 5.91 Å². The molecule has 0 atom stereocenters. The molecule has 0 unspecified atom stereocenters. The van der Waals surface area contributed by atoms with Gasteiger partial charge in [0.25, 0.3) is 5.91 Å². The highest BCUT2D eigenvalue weighted by Gasteiger charge is 2.38. The number of rotatable bonds is 4. The first-order valence-corrected chi connectivity index (χ1v) is 10.4. The zero-order valence-corrected chi connectivity index (χ0v) is 16.1. The Morgan fingerprint density at radius 3 is 2.42 bits per heavy atom. The normalized spacial score (nSPS) is 23.7. The lowest BCUT2D eigenvalue weighted by molar-refractivity contribution is -0.0180. The summed E-state index contributed by atoms with van der Waals surface area (Å²) in [5.41, 5.74) is 1.61. The van der Waals surface area contributed by atoms with Crippen LogP contribution in [-0.2, 0) is 17.7 Å². The Balaban J connectivity index is 1.40. The number of piperidine rings is 1. The Hall–Kier alpha value is -1.33.